The van der Waals surface area contributed by atoms with Crippen LogP contribution in [0.3, 0.4) is 0 Å². The second-order valence-electron chi connectivity index (χ2n) is 4.74. The SMILES string of the molecule is Cc1nnnn1Cc1ccc(C(=O)NCc2ccno2)cc1. The maximum absolute atomic E-state index is 12.0. The van der Waals surface area contributed by atoms with Crippen molar-refractivity contribution in [3.05, 3.63) is 59.2 Å². The molecule has 0 aliphatic heterocycles. The number of rotatable bonds is 5. The molecular weight excluding hydrogens is 284 g/mol. The Labute approximate surface area is 126 Å². The summed E-state index contributed by atoms with van der Waals surface area (Å²) >= 11 is 0. The van der Waals surface area contributed by atoms with E-state index in [1.807, 2.05) is 19.1 Å². The molecule has 1 amide bonds. The number of aromatic nitrogens is 5. The minimum atomic E-state index is -0.165. The van der Waals surface area contributed by atoms with Crippen LogP contribution in [-0.2, 0) is 13.1 Å². The molecule has 2 heterocycles. The van der Waals surface area contributed by atoms with E-state index in [1.165, 1.54) is 6.20 Å². The number of hydrogen-bond acceptors (Lipinski definition) is 6. The van der Waals surface area contributed by atoms with Crippen LogP contribution >= 0.6 is 0 Å². The van der Waals surface area contributed by atoms with Gasteiger partial charge in [-0.3, -0.25) is 4.79 Å². The number of nitrogens with one attached hydrogen (secondary N) is 1. The number of carbonyl (C=O) groups excluding carboxylic acids is 1. The summed E-state index contributed by atoms with van der Waals surface area (Å²) in [6, 6.07) is 9.00. The van der Waals surface area contributed by atoms with Crippen LogP contribution in [0.15, 0.2) is 41.1 Å². The predicted octanol–water partition coefficient (Wildman–Crippen LogP) is 0.948. The molecule has 0 fully saturated rings. The van der Waals surface area contributed by atoms with E-state index >= 15 is 0 Å². The predicted molar refractivity (Wildman–Crippen MR) is 75.8 cm³/mol. The molecule has 0 aliphatic rings. The van der Waals surface area contributed by atoms with Crippen molar-refractivity contribution in [2.45, 2.75) is 20.0 Å². The standard InChI is InChI=1S/C14H14N6O2/c1-10-17-18-19-20(10)9-11-2-4-12(5-3-11)14(21)15-8-13-6-7-16-22-13/h2-7H,8-9H2,1H3,(H,15,21). The van der Waals surface area contributed by atoms with Crippen molar-refractivity contribution in [3.63, 3.8) is 0 Å². The van der Waals surface area contributed by atoms with Crippen molar-refractivity contribution in [1.82, 2.24) is 30.7 Å². The second kappa shape index (κ2) is 6.17. The Morgan fingerprint density at radius 1 is 1.27 bits per heavy atom. The Hall–Kier alpha value is -3.03. The smallest absolute Gasteiger partial charge is 0.251 e. The Morgan fingerprint density at radius 3 is 2.73 bits per heavy atom. The fraction of sp³-hybridized carbons (Fsp3) is 0.214. The minimum Gasteiger partial charge on any atom is -0.360 e. The van der Waals surface area contributed by atoms with Crippen LogP contribution < -0.4 is 5.32 Å². The van der Waals surface area contributed by atoms with Crippen molar-refractivity contribution < 1.29 is 9.32 Å². The summed E-state index contributed by atoms with van der Waals surface area (Å²) in [6.07, 6.45) is 1.54. The third kappa shape index (κ3) is 3.17. The normalized spacial score (nSPS) is 10.6. The third-order valence-electron chi connectivity index (χ3n) is 3.17. The number of nitrogens with zero attached hydrogens (tertiary/aromatic N) is 5. The number of hydrogen-bond donors (Lipinski definition) is 1. The van der Waals surface area contributed by atoms with E-state index in [9.17, 15) is 4.79 Å². The van der Waals surface area contributed by atoms with Gasteiger partial charge in [0.25, 0.3) is 5.91 Å². The lowest BCUT2D eigenvalue weighted by Gasteiger charge is -2.05. The molecule has 0 unspecified atom stereocenters. The molecular formula is C14H14N6O2. The number of amides is 1. The van der Waals surface area contributed by atoms with Gasteiger partial charge in [0, 0.05) is 11.6 Å². The maximum Gasteiger partial charge on any atom is 0.251 e. The van der Waals surface area contributed by atoms with Crippen LogP contribution in [0.4, 0.5) is 0 Å². The zero-order valence-electron chi connectivity index (χ0n) is 11.9. The molecule has 0 spiro atoms. The molecule has 0 saturated heterocycles. The van der Waals surface area contributed by atoms with Gasteiger partial charge in [-0.1, -0.05) is 17.3 Å². The Bertz CT molecular complexity index is 748. The van der Waals surface area contributed by atoms with E-state index in [2.05, 4.69) is 26.0 Å². The molecule has 0 atom stereocenters. The van der Waals surface area contributed by atoms with E-state index in [1.54, 1.807) is 22.9 Å². The molecule has 22 heavy (non-hydrogen) atoms. The van der Waals surface area contributed by atoms with Gasteiger partial charge in [0.15, 0.2) is 5.76 Å². The van der Waals surface area contributed by atoms with Crippen molar-refractivity contribution in [2.24, 2.45) is 0 Å². The molecule has 0 saturated carbocycles. The number of aryl methyl sites for hydroxylation is 1. The van der Waals surface area contributed by atoms with E-state index in [0.717, 1.165) is 11.4 Å². The zero-order valence-corrected chi connectivity index (χ0v) is 11.9. The molecule has 2 aromatic heterocycles. The first-order valence-electron chi connectivity index (χ1n) is 6.72. The molecule has 3 rings (SSSR count). The van der Waals surface area contributed by atoms with E-state index in [0.29, 0.717) is 24.4 Å². The number of tetrazole rings is 1. The quantitative estimate of drug-likeness (QED) is 0.753. The highest BCUT2D eigenvalue weighted by Crippen LogP contribution is 2.07. The van der Waals surface area contributed by atoms with Crippen LogP contribution in [0.1, 0.15) is 27.5 Å². The molecule has 1 N–H and O–H groups in total. The molecule has 8 nitrogen and oxygen atoms in total. The fourth-order valence-electron chi connectivity index (χ4n) is 1.93. The number of benzene rings is 1. The van der Waals surface area contributed by atoms with Crippen molar-refractivity contribution in [2.75, 3.05) is 0 Å². The van der Waals surface area contributed by atoms with Crippen LogP contribution in [0.25, 0.3) is 0 Å². The third-order valence-corrected chi connectivity index (χ3v) is 3.17. The molecule has 8 heteroatoms. The average Bonchev–Trinajstić information content (AvgIpc) is 3.18. The summed E-state index contributed by atoms with van der Waals surface area (Å²) in [4.78, 5) is 12.0. The second-order valence-corrected chi connectivity index (χ2v) is 4.74. The summed E-state index contributed by atoms with van der Waals surface area (Å²) in [5.74, 6) is 1.19. The lowest BCUT2D eigenvalue weighted by atomic mass is 10.1. The van der Waals surface area contributed by atoms with Crippen molar-refractivity contribution in [3.8, 4) is 0 Å². The van der Waals surface area contributed by atoms with Crippen molar-refractivity contribution in [1.29, 1.82) is 0 Å². The van der Waals surface area contributed by atoms with E-state index in [4.69, 9.17) is 4.52 Å². The monoisotopic (exact) mass is 298 g/mol. The van der Waals surface area contributed by atoms with Gasteiger partial charge >= 0.3 is 0 Å². The average molecular weight is 298 g/mol. The highest BCUT2D eigenvalue weighted by molar-refractivity contribution is 5.94. The lowest BCUT2D eigenvalue weighted by molar-refractivity contribution is 0.0947. The largest absolute Gasteiger partial charge is 0.360 e. The van der Waals surface area contributed by atoms with Crippen LogP contribution in [0.2, 0.25) is 0 Å². The van der Waals surface area contributed by atoms with Gasteiger partial charge in [-0.25, -0.2) is 4.68 Å². The van der Waals surface area contributed by atoms with Gasteiger partial charge in [-0.15, -0.1) is 5.10 Å². The van der Waals surface area contributed by atoms with Gasteiger partial charge in [-0.2, -0.15) is 0 Å². The van der Waals surface area contributed by atoms with Crippen molar-refractivity contribution >= 4 is 5.91 Å². The summed E-state index contributed by atoms with van der Waals surface area (Å²) < 4.78 is 6.62. The van der Waals surface area contributed by atoms with E-state index < -0.39 is 0 Å². The lowest BCUT2D eigenvalue weighted by Crippen LogP contribution is -2.22. The fourth-order valence-corrected chi connectivity index (χ4v) is 1.93. The Morgan fingerprint density at radius 2 is 2.09 bits per heavy atom. The summed E-state index contributed by atoms with van der Waals surface area (Å²) in [6.45, 7) is 2.72. The highest BCUT2D eigenvalue weighted by atomic mass is 16.5. The Balaban J connectivity index is 1.61. The van der Waals surface area contributed by atoms with Crippen LogP contribution in [0, 0.1) is 6.92 Å². The van der Waals surface area contributed by atoms with E-state index in [-0.39, 0.29) is 5.91 Å². The minimum absolute atomic E-state index is 0.165. The molecule has 112 valence electrons. The zero-order chi connectivity index (χ0) is 15.4. The highest BCUT2D eigenvalue weighted by Gasteiger charge is 2.07. The molecule has 3 aromatic rings. The summed E-state index contributed by atoms with van der Waals surface area (Å²) in [7, 11) is 0. The molecule has 0 aliphatic carbocycles. The molecule has 1 aromatic carbocycles. The first-order chi connectivity index (χ1) is 10.7. The molecule has 0 radical (unpaired) electrons. The topological polar surface area (TPSA) is 98.7 Å². The van der Waals surface area contributed by atoms with Gasteiger partial charge in [0.1, 0.15) is 5.82 Å². The van der Waals surface area contributed by atoms with Gasteiger partial charge in [-0.05, 0) is 35.0 Å². The van der Waals surface area contributed by atoms with Gasteiger partial charge in [0.05, 0.1) is 19.3 Å². The Kier molecular flexibility index (Phi) is 3.90. The summed E-state index contributed by atoms with van der Waals surface area (Å²) in [5, 5.41) is 17.7. The summed E-state index contributed by atoms with van der Waals surface area (Å²) in [5.41, 5.74) is 1.60. The van der Waals surface area contributed by atoms with Crippen LogP contribution in [0.5, 0.6) is 0 Å². The van der Waals surface area contributed by atoms with Gasteiger partial charge in [0.2, 0.25) is 0 Å². The molecule has 0 bridgehead atoms. The first-order valence-corrected chi connectivity index (χ1v) is 6.72. The van der Waals surface area contributed by atoms with Gasteiger partial charge < -0.3 is 9.84 Å². The van der Waals surface area contributed by atoms with Crippen LogP contribution in [-0.4, -0.2) is 31.3 Å². The maximum atomic E-state index is 12.0. The number of carbonyl (C=O) groups is 1. The first kappa shape index (κ1) is 13.9.